The van der Waals surface area contributed by atoms with Gasteiger partial charge in [0.25, 0.3) is 0 Å². The van der Waals surface area contributed by atoms with Gasteiger partial charge in [0.2, 0.25) is 5.76 Å². The van der Waals surface area contributed by atoms with Gasteiger partial charge in [0.15, 0.2) is 0 Å². The quantitative estimate of drug-likeness (QED) is 0.753. The van der Waals surface area contributed by atoms with Crippen LogP contribution in [0.15, 0.2) is 16.5 Å². The van der Waals surface area contributed by atoms with E-state index >= 15 is 0 Å². The summed E-state index contributed by atoms with van der Waals surface area (Å²) in [6.07, 6.45) is 0.995. The Labute approximate surface area is 107 Å². The lowest BCUT2D eigenvalue weighted by Crippen LogP contribution is -2.30. The van der Waals surface area contributed by atoms with Gasteiger partial charge in [-0.25, -0.2) is 4.79 Å². The van der Waals surface area contributed by atoms with Crippen LogP contribution >= 0.6 is 0 Å². The van der Waals surface area contributed by atoms with Crippen molar-refractivity contribution in [3.05, 3.63) is 23.7 Å². The first-order valence-corrected chi connectivity index (χ1v) is 6.17. The number of furan rings is 1. The fourth-order valence-corrected chi connectivity index (χ4v) is 1.88. The highest BCUT2D eigenvalue weighted by molar-refractivity contribution is 5.86. The molecule has 0 fully saturated rings. The number of carbonyl (C=O) groups excluding carboxylic acids is 1. The number of carbonyl (C=O) groups is 1. The molecule has 1 unspecified atom stereocenters. The summed E-state index contributed by atoms with van der Waals surface area (Å²) in [5.41, 5.74) is 0. The molecule has 0 aliphatic rings. The third-order valence-electron chi connectivity index (χ3n) is 2.87. The normalized spacial score (nSPS) is 12.7. The fraction of sp³-hybridized carbons (Fsp3) is 0.615. The second-order valence-corrected chi connectivity index (χ2v) is 4.13. The molecule has 1 N–H and O–H groups in total. The van der Waals surface area contributed by atoms with Crippen LogP contribution in [0.3, 0.4) is 0 Å². The van der Waals surface area contributed by atoms with E-state index in [1.165, 1.54) is 7.11 Å². The van der Waals surface area contributed by atoms with E-state index in [0.717, 1.165) is 13.0 Å². The molecule has 0 aliphatic carbocycles. The maximum atomic E-state index is 11.3. The summed E-state index contributed by atoms with van der Waals surface area (Å²) in [7, 11) is 1.32. The van der Waals surface area contributed by atoms with E-state index < -0.39 is 5.97 Å². The van der Waals surface area contributed by atoms with Crippen LogP contribution in [0.1, 0.15) is 42.6 Å². The van der Waals surface area contributed by atoms with Crippen LogP contribution in [0.4, 0.5) is 0 Å². The smallest absolute Gasteiger partial charge is 0.373 e. The first kappa shape index (κ1) is 14.7. The van der Waals surface area contributed by atoms with Crippen molar-refractivity contribution in [3.8, 4) is 0 Å². The molecule has 1 heterocycles. The minimum atomic E-state index is -0.474. The van der Waals surface area contributed by atoms with Crippen LogP contribution in [0, 0.1) is 0 Å². The number of rotatable bonds is 7. The molecule has 0 spiro atoms. The van der Waals surface area contributed by atoms with Gasteiger partial charge in [-0.2, -0.15) is 0 Å². The summed E-state index contributed by atoms with van der Waals surface area (Å²) in [6.45, 7) is 5.64. The Balaban J connectivity index is 2.77. The Bertz CT molecular complexity index is 369. The molecule has 5 heteroatoms. The number of nitrogens with zero attached hydrogens (tertiary/aromatic N) is 1. The molecular weight excluding hydrogens is 234 g/mol. The van der Waals surface area contributed by atoms with Crippen LogP contribution in [-0.4, -0.2) is 42.8 Å². The van der Waals surface area contributed by atoms with Crippen molar-refractivity contribution in [2.24, 2.45) is 0 Å². The molecule has 0 radical (unpaired) electrons. The molecule has 1 atom stereocenters. The van der Waals surface area contributed by atoms with Crippen LogP contribution in [-0.2, 0) is 4.74 Å². The average molecular weight is 255 g/mol. The third kappa shape index (κ3) is 3.58. The summed E-state index contributed by atoms with van der Waals surface area (Å²) in [6, 6.07) is 3.41. The Kier molecular flexibility index (Phi) is 5.88. The van der Waals surface area contributed by atoms with E-state index in [2.05, 4.69) is 16.6 Å². The van der Waals surface area contributed by atoms with Crippen molar-refractivity contribution >= 4 is 5.97 Å². The molecule has 0 aromatic carbocycles. The van der Waals surface area contributed by atoms with Crippen LogP contribution < -0.4 is 0 Å². The zero-order valence-electron chi connectivity index (χ0n) is 11.2. The first-order valence-electron chi connectivity index (χ1n) is 6.17. The SMILES string of the molecule is CCCN(CCO)C(C)c1ccc(C(=O)OC)o1. The van der Waals surface area contributed by atoms with Gasteiger partial charge in [-0.3, -0.25) is 4.90 Å². The van der Waals surface area contributed by atoms with Gasteiger partial charge in [0.05, 0.1) is 19.8 Å². The van der Waals surface area contributed by atoms with Crippen molar-refractivity contribution < 1.29 is 19.1 Å². The molecule has 102 valence electrons. The number of esters is 1. The number of aliphatic hydroxyl groups excluding tert-OH is 1. The molecule has 1 aromatic rings. The average Bonchev–Trinajstić information content (AvgIpc) is 2.86. The van der Waals surface area contributed by atoms with Gasteiger partial charge < -0.3 is 14.3 Å². The zero-order valence-corrected chi connectivity index (χ0v) is 11.2. The standard InChI is InChI=1S/C13H21NO4/c1-4-7-14(8-9-15)10(2)11-5-6-12(18-11)13(16)17-3/h5-6,10,15H,4,7-9H2,1-3H3. The van der Waals surface area contributed by atoms with Crippen molar-refractivity contribution in [1.82, 2.24) is 4.90 Å². The molecule has 0 saturated carbocycles. The van der Waals surface area contributed by atoms with Crippen LogP contribution in [0.5, 0.6) is 0 Å². The van der Waals surface area contributed by atoms with E-state index in [1.54, 1.807) is 12.1 Å². The lowest BCUT2D eigenvalue weighted by Gasteiger charge is -2.26. The van der Waals surface area contributed by atoms with Crippen molar-refractivity contribution in [3.63, 3.8) is 0 Å². The first-order chi connectivity index (χ1) is 8.63. The molecule has 0 bridgehead atoms. The molecular formula is C13H21NO4. The number of aliphatic hydroxyl groups is 1. The van der Waals surface area contributed by atoms with Gasteiger partial charge >= 0.3 is 5.97 Å². The summed E-state index contributed by atoms with van der Waals surface area (Å²) >= 11 is 0. The Morgan fingerprint density at radius 3 is 2.78 bits per heavy atom. The van der Waals surface area contributed by atoms with Gasteiger partial charge in [-0.15, -0.1) is 0 Å². The van der Waals surface area contributed by atoms with Gasteiger partial charge in [0.1, 0.15) is 5.76 Å². The number of hydrogen-bond acceptors (Lipinski definition) is 5. The Morgan fingerprint density at radius 2 is 2.22 bits per heavy atom. The molecule has 0 aliphatic heterocycles. The molecule has 0 amide bonds. The predicted molar refractivity (Wildman–Crippen MR) is 67.4 cm³/mol. The Morgan fingerprint density at radius 1 is 1.50 bits per heavy atom. The van der Waals surface area contributed by atoms with Gasteiger partial charge in [0, 0.05) is 6.54 Å². The zero-order chi connectivity index (χ0) is 13.5. The lowest BCUT2D eigenvalue weighted by molar-refractivity contribution is 0.0557. The highest BCUT2D eigenvalue weighted by atomic mass is 16.5. The molecule has 1 rings (SSSR count). The lowest BCUT2D eigenvalue weighted by atomic mass is 10.2. The summed E-state index contributed by atoms with van der Waals surface area (Å²) in [5, 5.41) is 9.04. The van der Waals surface area contributed by atoms with Crippen molar-refractivity contribution in [2.75, 3.05) is 26.8 Å². The van der Waals surface area contributed by atoms with E-state index in [4.69, 9.17) is 9.52 Å². The monoisotopic (exact) mass is 255 g/mol. The number of methoxy groups -OCH3 is 1. The summed E-state index contributed by atoms with van der Waals surface area (Å²) < 4.78 is 10.1. The number of hydrogen-bond donors (Lipinski definition) is 1. The van der Waals surface area contributed by atoms with E-state index in [1.807, 2.05) is 6.92 Å². The maximum Gasteiger partial charge on any atom is 0.373 e. The second kappa shape index (κ2) is 7.18. The topological polar surface area (TPSA) is 62.9 Å². The Hall–Kier alpha value is -1.33. The van der Waals surface area contributed by atoms with E-state index in [9.17, 15) is 4.79 Å². The molecule has 5 nitrogen and oxygen atoms in total. The molecule has 18 heavy (non-hydrogen) atoms. The van der Waals surface area contributed by atoms with Crippen LogP contribution in [0.25, 0.3) is 0 Å². The second-order valence-electron chi connectivity index (χ2n) is 4.13. The highest BCUT2D eigenvalue weighted by Gasteiger charge is 2.20. The fourth-order valence-electron chi connectivity index (χ4n) is 1.88. The van der Waals surface area contributed by atoms with E-state index in [-0.39, 0.29) is 18.4 Å². The predicted octanol–water partition coefficient (Wildman–Crippen LogP) is 1.83. The molecule has 0 saturated heterocycles. The summed E-state index contributed by atoms with van der Waals surface area (Å²) in [4.78, 5) is 13.4. The summed E-state index contributed by atoms with van der Waals surface area (Å²) in [5.74, 6) is 0.440. The number of ether oxygens (including phenoxy) is 1. The van der Waals surface area contributed by atoms with E-state index in [0.29, 0.717) is 12.3 Å². The molecule has 1 aromatic heterocycles. The van der Waals surface area contributed by atoms with Gasteiger partial charge in [-0.1, -0.05) is 6.92 Å². The maximum absolute atomic E-state index is 11.3. The van der Waals surface area contributed by atoms with Crippen LogP contribution in [0.2, 0.25) is 0 Å². The van der Waals surface area contributed by atoms with Gasteiger partial charge in [-0.05, 0) is 32.0 Å². The highest BCUT2D eigenvalue weighted by Crippen LogP contribution is 2.22. The third-order valence-corrected chi connectivity index (χ3v) is 2.87. The van der Waals surface area contributed by atoms with Crippen molar-refractivity contribution in [2.45, 2.75) is 26.3 Å². The minimum Gasteiger partial charge on any atom is -0.463 e. The van der Waals surface area contributed by atoms with Crippen molar-refractivity contribution in [1.29, 1.82) is 0 Å². The largest absolute Gasteiger partial charge is 0.463 e. The minimum absolute atomic E-state index is 0.0236.